The number of nitriles is 1. The van der Waals surface area contributed by atoms with Gasteiger partial charge < -0.3 is 14.5 Å². The smallest absolute Gasteiger partial charge is 0.410 e. The van der Waals surface area contributed by atoms with E-state index in [0.717, 1.165) is 62.8 Å². The SMILES string of the molecule is C=CN=C(CCCCC1=CC(C#N)=CC=CC1CC)C(/C(=C\C)C1CC1)=C(\C)N1CCN(C(=O)OC(C)(C)C)CC12CC2. The van der Waals surface area contributed by atoms with Gasteiger partial charge in [-0.1, -0.05) is 37.3 Å². The second-order valence-corrected chi connectivity index (χ2v) is 13.6. The van der Waals surface area contributed by atoms with Crippen molar-refractivity contribution in [2.75, 3.05) is 19.6 Å². The van der Waals surface area contributed by atoms with E-state index in [1.54, 1.807) is 6.20 Å². The second-order valence-electron chi connectivity index (χ2n) is 13.6. The Morgan fingerprint density at radius 3 is 2.58 bits per heavy atom. The van der Waals surface area contributed by atoms with Crippen molar-refractivity contribution >= 4 is 11.8 Å². The fourth-order valence-corrected chi connectivity index (χ4v) is 6.74. The first-order valence-electron chi connectivity index (χ1n) is 16.4. The molecule has 4 aliphatic rings. The Bertz CT molecular complexity index is 1290. The van der Waals surface area contributed by atoms with Gasteiger partial charge in [0.2, 0.25) is 0 Å². The zero-order valence-corrected chi connectivity index (χ0v) is 27.4. The molecule has 0 aromatic heterocycles. The Balaban J connectivity index is 1.54. The van der Waals surface area contributed by atoms with Gasteiger partial charge in [0.15, 0.2) is 0 Å². The molecule has 3 fully saturated rings. The lowest BCUT2D eigenvalue weighted by molar-refractivity contribution is 0.00515. The molecule has 3 aliphatic carbocycles. The van der Waals surface area contributed by atoms with Crippen molar-refractivity contribution in [1.29, 1.82) is 5.26 Å². The van der Waals surface area contributed by atoms with Crippen LogP contribution in [0, 0.1) is 23.2 Å². The Morgan fingerprint density at radius 2 is 2.00 bits per heavy atom. The van der Waals surface area contributed by atoms with Gasteiger partial charge in [-0.3, -0.25) is 4.99 Å². The van der Waals surface area contributed by atoms with Gasteiger partial charge in [0.05, 0.1) is 17.2 Å². The van der Waals surface area contributed by atoms with E-state index in [0.29, 0.717) is 24.9 Å². The molecule has 6 heteroatoms. The number of carbonyl (C=O) groups is 1. The number of hydrogen-bond donors (Lipinski definition) is 0. The lowest BCUT2D eigenvalue weighted by Gasteiger charge is -2.45. The van der Waals surface area contributed by atoms with Gasteiger partial charge in [0.25, 0.3) is 0 Å². The molecule has 0 bridgehead atoms. The zero-order chi connectivity index (χ0) is 31.2. The standard InChI is InChI=1S/C37H52N4O2/c1-8-29-16-13-14-28(25-38)24-31(29)15-11-12-17-33(39-10-3)34(32(9-2)30-18-19-30)27(4)41-23-22-40(26-37(41)20-21-37)35(42)43-36(5,6)7/h9-10,13-14,16,24,29-30H,3,8,11-12,15,17-23,26H2,1-2,4-7H3/b32-9-,34-27+,39-33?. The fraction of sp³-hybridized carbons (Fsp3) is 0.595. The van der Waals surface area contributed by atoms with Crippen LogP contribution in [-0.2, 0) is 4.74 Å². The van der Waals surface area contributed by atoms with Crippen molar-refractivity contribution in [2.24, 2.45) is 16.8 Å². The molecule has 0 N–H and O–H groups in total. The van der Waals surface area contributed by atoms with Crippen LogP contribution < -0.4 is 0 Å². The van der Waals surface area contributed by atoms with Crippen molar-refractivity contribution in [3.8, 4) is 6.07 Å². The summed E-state index contributed by atoms with van der Waals surface area (Å²) in [6.45, 7) is 18.6. The van der Waals surface area contributed by atoms with Gasteiger partial charge in [0.1, 0.15) is 5.60 Å². The quantitative estimate of drug-likeness (QED) is 0.138. The molecule has 1 amide bonds. The molecule has 4 rings (SSSR count). The molecule has 1 heterocycles. The monoisotopic (exact) mass is 584 g/mol. The number of allylic oxidation sites excluding steroid dienone is 10. The predicted molar refractivity (Wildman–Crippen MR) is 176 cm³/mol. The molecule has 6 nitrogen and oxygen atoms in total. The van der Waals surface area contributed by atoms with Crippen LogP contribution in [-0.4, -0.2) is 52.4 Å². The topological polar surface area (TPSA) is 68.9 Å². The van der Waals surface area contributed by atoms with Gasteiger partial charge in [0, 0.05) is 42.8 Å². The average Bonchev–Trinajstić information content (AvgIpc) is 3.89. The van der Waals surface area contributed by atoms with Crippen LogP contribution in [0.1, 0.15) is 99.3 Å². The van der Waals surface area contributed by atoms with E-state index in [4.69, 9.17) is 9.73 Å². The van der Waals surface area contributed by atoms with Crippen LogP contribution in [0.5, 0.6) is 0 Å². The third kappa shape index (κ3) is 8.19. The number of rotatable bonds is 11. The van der Waals surface area contributed by atoms with Crippen LogP contribution >= 0.6 is 0 Å². The van der Waals surface area contributed by atoms with E-state index < -0.39 is 5.60 Å². The van der Waals surface area contributed by atoms with Gasteiger partial charge in [-0.15, -0.1) is 0 Å². The van der Waals surface area contributed by atoms with Crippen LogP contribution in [0.4, 0.5) is 4.79 Å². The summed E-state index contributed by atoms with van der Waals surface area (Å²) in [5.41, 5.74) is 6.68. The molecule has 232 valence electrons. The molecule has 2 saturated carbocycles. The van der Waals surface area contributed by atoms with Gasteiger partial charge >= 0.3 is 6.09 Å². The Labute approximate surface area is 260 Å². The number of hydrogen-bond acceptors (Lipinski definition) is 5. The maximum absolute atomic E-state index is 12.9. The summed E-state index contributed by atoms with van der Waals surface area (Å²) in [6.07, 6.45) is 21.7. The first-order valence-corrected chi connectivity index (χ1v) is 16.4. The Morgan fingerprint density at radius 1 is 1.26 bits per heavy atom. The van der Waals surface area contributed by atoms with Crippen molar-refractivity contribution in [2.45, 2.75) is 110 Å². The van der Waals surface area contributed by atoms with Crippen molar-refractivity contribution < 1.29 is 9.53 Å². The number of carbonyl (C=O) groups excluding carboxylic acids is 1. The molecule has 43 heavy (non-hydrogen) atoms. The highest BCUT2D eigenvalue weighted by Gasteiger charge is 2.53. The second kappa shape index (κ2) is 14.0. The van der Waals surface area contributed by atoms with Crippen LogP contribution in [0.25, 0.3) is 0 Å². The summed E-state index contributed by atoms with van der Waals surface area (Å²) in [4.78, 5) is 22.4. The average molecular weight is 585 g/mol. The van der Waals surface area contributed by atoms with E-state index in [2.05, 4.69) is 56.5 Å². The van der Waals surface area contributed by atoms with Gasteiger partial charge in [-0.25, -0.2) is 4.79 Å². The maximum atomic E-state index is 12.9. The number of nitrogens with zero attached hydrogens (tertiary/aromatic N) is 4. The Kier molecular flexibility index (Phi) is 10.6. The first kappa shape index (κ1) is 32.6. The number of unbranched alkanes of at least 4 members (excludes halogenated alkanes) is 1. The number of ether oxygens (including phenoxy) is 1. The molecule has 1 unspecified atom stereocenters. The summed E-state index contributed by atoms with van der Waals surface area (Å²) in [7, 11) is 0. The van der Waals surface area contributed by atoms with Crippen molar-refractivity contribution in [1.82, 2.24) is 9.80 Å². The van der Waals surface area contributed by atoms with Crippen LogP contribution in [0.15, 0.2) is 76.1 Å². The minimum absolute atomic E-state index is 0.0210. The fourth-order valence-electron chi connectivity index (χ4n) is 6.74. The van der Waals surface area contributed by atoms with Gasteiger partial charge in [-0.05, 0) is 122 Å². The summed E-state index contributed by atoms with van der Waals surface area (Å²) in [6, 6.07) is 2.33. The zero-order valence-electron chi connectivity index (χ0n) is 27.4. The number of piperazine rings is 1. The third-order valence-electron chi connectivity index (χ3n) is 9.18. The van der Waals surface area contributed by atoms with E-state index in [1.807, 2.05) is 37.8 Å². The van der Waals surface area contributed by atoms with Crippen LogP contribution in [0.2, 0.25) is 0 Å². The number of amides is 1. The molecule has 0 aromatic carbocycles. The van der Waals surface area contributed by atoms with Crippen LogP contribution in [0.3, 0.4) is 0 Å². The normalized spacial score (nSPS) is 22.8. The highest BCUT2D eigenvalue weighted by molar-refractivity contribution is 6.05. The molecule has 1 atom stereocenters. The van der Waals surface area contributed by atoms with Crippen molar-refractivity contribution in [3.05, 3.63) is 71.1 Å². The largest absolute Gasteiger partial charge is 0.444 e. The summed E-state index contributed by atoms with van der Waals surface area (Å²) in [5.74, 6) is 0.979. The van der Waals surface area contributed by atoms with E-state index in [-0.39, 0.29) is 11.6 Å². The molecule has 0 radical (unpaired) electrons. The molecule has 1 saturated heterocycles. The van der Waals surface area contributed by atoms with E-state index in [1.165, 1.54) is 35.3 Å². The molecule has 1 spiro atoms. The molecular formula is C37H52N4O2. The van der Waals surface area contributed by atoms with Crippen molar-refractivity contribution in [3.63, 3.8) is 0 Å². The minimum Gasteiger partial charge on any atom is -0.444 e. The molecule has 1 aliphatic heterocycles. The minimum atomic E-state index is -0.495. The Hall–Kier alpha value is -3.33. The summed E-state index contributed by atoms with van der Waals surface area (Å²) in [5, 5.41) is 9.51. The molecular weight excluding hydrogens is 532 g/mol. The molecule has 0 aromatic rings. The first-order chi connectivity index (χ1) is 20.6. The lowest BCUT2D eigenvalue weighted by Crippen LogP contribution is -2.56. The van der Waals surface area contributed by atoms with E-state index in [9.17, 15) is 10.1 Å². The predicted octanol–water partition coefficient (Wildman–Crippen LogP) is 8.82. The lowest BCUT2D eigenvalue weighted by atomic mass is 9.88. The highest BCUT2D eigenvalue weighted by atomic mass is 16.6. The van der Waals surface area contributed by atoms with E-state index >= 15 is 0 Å². The third-order valence-corrected chi connectivity index (χ3v) is 9.18. The highest BCUT2D eigenvalue weighted by Crippen LogP contribution is 2.49. The number of aliphatic imine (C=N–C) groups is 1. The summed E-state index contributed by atoms with van der Waals surface area (Å²) >= 11 is 0. The van der Waals surface area contributed by atoms with Gasteiger partial charge in [-0.2, -0.15) is 5.26 Å². The summed E-state index contributed by atoms with van der Waals surface area (Å²) < 4.78 is 5.73. The maximum Gasteiger partial charge on any atom is 0.410 e.